The molecule has 98 valence electrons. The first-order valence-corrected chi connectivity index (χ1v) is 6.56. The summed E-state index contributed by atoms with van der Waals surface area (Å²) in [6, 6.07) is 12.6. The second kappa shape index (κ2) is 4.26. The molecular weight excluding hydrogens is 238 g/mol. The van der Waals surface area contributed by atoms with Crippen molar-refractivity contribution in [2.24, 2.45) is 0 Å². The van der Waals surface area contributed by atoms with Crippen LogP contribution in [-0.4, -0.2) is 15.6 Å². The summed E-state index contributed by atoms with van der Waals surface area (Å²) in [4.78, 5) is 11.2. The van der Waals surface area contributed by atoms with E-state index in [1.165, 1.54) is 5.56 Å². The van der Waals surface area contributed by atoms with E-state index >= 15 is 0 Å². The highest BCUT2D eigenvalue weighted by atomic mass is 16.4. The number of carbonyl (C=O) groups is 1. The molecule has 1 aromatic carbocycles. The molecule has 19 heavy (non-hydrogen) atoms. The van der Waals surface area contributed by atoms with Crippen LogP contribution >= 0.6 is 0 Å². The molecule has 2 atom stereocenters. The molecule has 0 bridgehead atoms. The van der Waals surface area contributed by atoms with Gasteiger partial charge < -0.3 is 9.67 Å². The Morgan fingerprint density at radius 1 is 1.26 bits per heavy atom. The normalized spacial score (nSPS) is 21.4. The zero-order chi connectivity index (χ0) is 13.6. The Labute approximate surface area is 112 Å². The molecule has 1 fully saturated rings. The third-order valence-corrected chi connectivity index (χ3v) is 4.03. The monoisotopic (exact) mass is 255 g/mol. The van der Waals surface area contributed by atoms with E-state index in [4.69, 9.17) is 0 Å². The maximum absolute atomic E-state index is 11.2. The van der Waals surface area contributed by atoms with Gasteiger partial charge in [0, 0.05) is 23.3 Å². The van der Waals surface area contributed by atoms with Crippen LogP contribution in [0.5, 0.6) is 0 Å². The van der Waals surface area contributed by atoms with Gasteiger partial charge in [-0.1, -0.05) is 30.3 Å². The quantitative estimate of drug-likeness (QED) is 0.911. The van der Waals surface area contributed by atoms with Crippen LogP contribution in [0.3, 0.4) is 0 Å². The Morgan fingerprint density at radius 2 is 1.95 bits per heavy atom. The van der Waals surface area contributed by atoms with Crippen LogP contribution in [0.25, 0.3) is 0 Å². The van der Waals surface area contributed by atoms with Gasteiger partial charge in [-0.3, -0.25) is 0 Å². The van der Waals surface area contributed by atoms with Gasteiger partial charge in [0.2, 0.25) is 0 Å². The van der Waals surface area contributed by atoms with Crippen LogP contribution in [0.4, 0.5) is 0 Å². The highest BCUT2D eigenvalue weighted by molar-refractivity contribution is 5.89. The first kappa shape index (κ1) is 12.0. The average molecular weight is 255 g/mol. The van der Waals surface area contributed by atoms with Gasteiger partial charge in [-0.25, -0.2) is 4.79 Å². The molecule has 0 spiro atoms. The lowest BCUT2D eigenvalue weighted by molar-refractivity contribution is 0.0696. The van der Waals surface area contributed by atoms with Gasteiger partial charge in [-0.15, -0.1) is 0 Å². The van der Waals surface area contributed by atoms with Crippen molar-refractivity contribution in [3.63, 3.8) is 0 Å². The van der Waals surface area contributed by atoms with E-state index in [1.54, 1.807) is 6.07 Å². The summed E-state index contributed by atoms with van der Waals surface area (Å²) in [7, 11) is 0. The van der Waals surface area contributed by atoms with E-state index in [-0.39, 0.29) is 0 Å². The van der Waals surface area contributed by atoms with Gasteiger partial charge >= 0.3 is 5.97 Å². The number of carboxylic acid groups (broad SMARTS) is 1. The lowest BCUT2D eigenvalue weighted by Gasteiger charge is -2.09. The second-order valence-electron chi connectivity index (χ2n) is 5.28. The average Bonchev–Trinajstić information content (AvgIpc) is 3.11. The maximum Gasteiger partial charge on any atom is 0.337 e. The van der Waals surface area contributed by atoms with Crippen LogP contribution in [-0.2, 0) is 0 Å². The molecule has 1 N–H and O–H groups in total. The van der Waals surface area contributed by atoms with Crippen LogP contribution in [0.1, 0.15) is 45.7 Å². The first-order chi connectivity index (χ1) is 9.09. The smallest absolute Gasteiger partial charge is 0.337 e. The van der Waals surface area contributed by atoms with Gasteiger partial charge in [0.25, 0.3) is 0 Å². The molecule has 1 saturated carbocycles. The minimum Gasteiger partial charge on any atom is -0.478 e. The van der Waals surface area contributed by atoms with Crippen molar-refractivity contribution >= 4 is 5.97 Å². The number of rotatable bonds is 3. The Bertz CT molecular complexity index is 628. The van der Waals surface area contributed by atoms with E-state index in [9.17, 15) is 9.90 Å². The van der Waals surface area contributed by atoms with Crippen LogP contribution in [0.15, 0.2) is 36.4 Å². The highest BCUT2D eigenvalue weighted by Gasteiger charge is 2.41. The molecule has 1 aliphatic rings. The fourth-order valence-corrected chi connectivity index (χ4v) is 3.03. The predicted molar refractivity (Wildman–Crippen MR) is 73.7 cm³/mol. The van der Waals surface area contributed by atoms with Crippen molar-refractivity contribution in [2.45, 2.75) is 32.2 Å². The SMILES string of the molecule is Cc1cc(C(=O)O)c(C)n1C1CC1c1ccccc1. The van der Waals surface area contributed by atoms with Crippen LogP contribution < -0.4 is 0 Å². The highest BCUT2D eigenvalue weighted by Crippen LogP contribution is 2.52. The standard InChI is InChI=1S/C16H17NO2/c1-10-8-13(16(18)19)11(2)17(10)15-9-14(15)12-6-4-3-5-7-12/h3-8,14-15H,9H2,1-2H3,(H,18,19). The zero-order valence-electron chi connectivity index (χ0n) is 11.1. The van der Waals surface area contributed by atoms with E-state index in [1.807, 2.05) is 19.9 Å². The van der Waals surface area contributed by atoms with Gasteiger partial charge in [0.15, 0.2) is 0 Å². The largest absolute Gasteiger partial charge is 0.478 e. The lowest BCUT2D eigenvalue weighted by Crippen LogP contribution is -2.03. The Morgan fingerprint density at radius 3 is 2.53 bits per heavy atom. The van der Waals surface area contributed by atoms with Gasteiger partial charge in [0.1, 0.15) is 0 Å². The molecular formula is C16H17NO2. The van der Waals surface area contributed by atoms with Crippen molar-refractivity contribution in [1.29, 1.82) is 0 Å². The number of hydrogen-bond donors (Lipinski definition) is 1. The van der Waals surface area contributed by atoms with E-state index in [0.717, 1.165) is 17.8 Å². The van der Waals surface area contributed by atoms with Gasteiger partial charge in [-0.05, 0) is 31.9 Å². The summed E-state index contributed by atoms with van der Waals surface area (Å²) in [5, 5.41) is 9.18. The number of aromatic carboxylic acids is 1. The minimum absolute atomic E-state index is 0.412. The number of benzene rings is 1. The first-order valence-electron chi connectivity index (χ1n) is 6.56. The molecule has 0 amide bonds. The Kier molecular flexibility index (Phi) is 2.70. The summed E-state index contributed by atoms with van der Waals surface area (Å²) in [5.74, 6) is -0.316. The fraction of sp³-hybridized carbons (Fsp3) is 0.312. The van der Waals surface area contributed by atoms with E-state index < -0.39 is 5.97 Å². The van der Waals surface area contributed by atoms with Crippen molar-refractivity contribution in [2.75, 3.05) is 0 Å². The number of hydrogen-bond acceptors (Lipinski definition) is 1. The summed E-state index contributed by atoms with van der Waals surface area (Å²) in [6.45, 7) is 3.89. The molecule has 3 rings (SSSR count). The van der Waals surface area contributed by atoms with Crippen molar-refractivity contribution in [3.8, 4) is 0 Å². The summed E-state index contributed by atoms with van der Waals surface area (Å²) in [6.07, 6.45) is 1.10. The fourth-order valence-electron chi connectivity index (χ4n) is 3.03. The minimum atomic E-state index is -0.837. The maximum atomic E-state index is 11.2. The Balaban J connectivity index is 1.92. The number of carboxylic acids is 1. The summed E-state index contributed by atoms with van der Waals surface area (Å²) < 4.78 is 2.18. The third kappa shape index (κ3) is 1.95. The van der Waals surface area contributed by atoms with Crippen LogP contribution in [0, 0.1) is 13.8 Å². The summed E-state index contributed by atoms with van der Waals surface area (Å²) in [5.41, 5.74) is 3.68. The molecule has 3 heteroatoms. The molecule has 1 aliphatic carbocycles. The number of aryl methyl sites for hydroxylation is 1. The van der Waals surface area contributed by atoms with Gasteiger partial charge in [-0.2, -0.15) is 0 Å². The van der Waals surface area contributed by atoms with E-state index in [0.29, 0.717) is 17.5 Å². The number of aromatic nitrogens is 1. The molecule has 3 nitrogen and oxygen atoms in total. The van der Waals surface area contributed by atoms with Gasteiger partial charge in [0.05, 0.1) is 5.56 Å². The Hall–Kier alpha value is -2.03. The predicted octanol–water partition coefficient (Wildman–Crippen LogP) is 3.53. The molecule has 1 aromatic heterocycles. The third-order valence-electron chi connectivity index (χ3n) is 4.03. The summed E-state index contributed by atoms with van der Waals surface area (Å²) >= 11 is 0. The molecule has 1 heterocycles. The van der Waals surface area contributed by atoms with Crippen LogP contribution in [0.2, 0.25) is 0 Å². The molecule has 0 aliphatic heterocycles. The zero-order valence-corrected chi connectivity index (χ0v) is 11.1. The van der Waals surface area contributed by atoms with Crippen molar-refractivity contribution < 1.29 is 9.90 Å². The molecule has 0 radical (unpaired) electrons. The lowest BCUT2D eigenvalue weighted by atomic mass is 10.1. The van der Waals surface area contributed by atoms with Crippen molar-refractivity contribution in [1.82, 2.24) is 4.57 Å². The molecule has 0 saturated heterocycles. The molecule has 2 unspecified atom stereocenters. The topological polar surface area (TPSA) is 42.2 Å². The van der Waals surface area contributed by atoms with E-state index in [2.05, 4.69) is 28.8 Å². The number of nitrogens with zero attached hydrogens (tertiary/aromatic N) is 1. The van der Waals surface area contributed by atoms with Crippen molar-refractivity contribution in [3.05, 3.63) is 58.9 Å². The molecule has 2 aromatic rings. The second-order valence-corrected chi connectivity index (χ2v) is 5.28.